The number of nitrogens with one attached hydrogen (secondary N) is 1. The number of nitrogens with zero attached hydrogens (tertiary/aromatic N) is 1. The van der Waals surface area contributed by atoms with Gasteiger partial charge in [0.05, 0.1) is 37.8 Å². The number of amidine groups is 1. The van der Waals surface area contributed by atoms with Gasteiger partial charge in [-0.25, -0.2) is 9.79 Å². The molecule has 2 N–H and O–H groups in total. The van der Waals surface area contributed by atoms with Gasteiger partial charge in [-0.3, -0.25) is 4.79 Å². The van der Waals surface area contributed by atoms with Crippen LogP contribution in [0.2, 0.25) is 15.1 Å². The van der Waals surface area contributed by atoms with Gasteiger partial charge in [0.2, 0.25) is 0 Å². The first kappa shape index (κ1) is 26.9. The summed E-state index contributed by atoms with van der Waals surface area (Å²) in [5, 5.41) is 13.2. The summed E-state index contributed by atoms with van der Waals surface area (Å²) in [6.07, 6.45) is 1.66. The van der Waals surface area contributed by atoms with Gasteiger partial charge in [-0.2, -0.15) is 0 Å². The number of ether oxygens (including phenoxy) is 2. The lowest BCUT2D eigenvalue weighted by molar-refractivity contribution is -0.115. The first-order chi connectivity index (χ1) is 17.7. The van der Waals surface area contributed by atoms with Crippen LogP contribution in [0.15, 0.2) is 64.5 Å². The summed E-state index contributed by atoms with van der Waals surface area (Å²) in [7, 11) is 0. The van der Waals surface area contributed by atoms with Crippen LogP contribution >= 0.6 is 46.6 Å². The summed E-state index contributed by atoms with van der Waals surface area (Å²) in [6, 6.07) is 14.9. The number of amides is 1. The largest absolute Gasteiger partial charge is 0.490 e. The Kier molecular flexibility index (Phi) is 8.66. The van der Waals surface area contributed by atoms with E-state index < -0.39 is 5.97 Å². The van der Waals surface area contributed by atoms with E-state index in [0.717, 1.165) is 11.8 Å². The number of halogens is 3. The summed E-state index contributed by atoms with van der Waals surface area (Å²) in [5.74, 6) is -0.647. The third-order valence-corrected chi connectivity index (χ3v) is 6.99. The zero-order valence-electron chi connectivity index (χ0n) is 19.3. The molecule has 0 unspecified atom stereocenters. The molecular weight excluding hydrogens is 559 g/mol. The van der Waals surface area contributed by atoms with Crippen molar-refractivity contribution in [1.29, 1.82) is 0 Å². The molecule has 0 radical (unpaired) electrons. The zero-order valence-corrected chi connectivity index (χ0v) is 22.3. The van der Waals surface area contributed by atoms with Gasteiger partial charge in [-0.15, -0.1) is 0 Å². The Bertz CT molecular complexity index is 1440. The number of aromatic carboxylic acids is 1. The van der Waals surface area contributed by atoms with Gasteiger partial charge >= 0.3 is 5.97 Å². The minimum atomic E-state index is -1.02. The van der Waals surface area contributed by atoms with E-state index in [-0.39, 0.29) is 23.1 Å². The van der Waals surface area contributed by atoms with Gasteiger partial charge in [-0.1, -0.05) is 53.0 Å². The van der Waals surface area contributed by atoms with E-state index >= 15 is 0 Å². The normalized spacial score (nSPS) is 15.2. The highest BCUT2D eigenvalue weighted by molar-refractivity contribution is 8.18. The number of carboxylic acids is 1. The average molecular weight is 578 g/mol. The maximum atomic E-state index is 12.6. The minimum Gasteiger partial charge on any atom is -0.490 e. The van der Waals surface area contributed by atoms with Crippen molar-refractivity contribution in [1.82, 2.24) is 5.32 Å². The highest BCUT2D eigenvalue weighted by Crippen LogP contribution is 2.39. The number of benzene rings is 3. The monoisotopic (exact) mass is 576 g/mol. The molecule has 0 bridgehead atoms. The molecule has 1 amide bonds. The van der Waals surface area contributed by atoms with E-state index in [4.69, 9.17) is 44.3 Å². The fourth-order valence-corrected chi connectivity index (χ4v) is 4.79. The lowest BCUT2D eigenvalue weighted by Crippen LogP contribution is -2.19. The number of rotatable bonds is 8. The van der Waals surface area contributed by atoms with E-state index in [9.17, 15) is 14.7 Å². The molecule has 3 aromatic carbocycles. The Hall–Kier alpha value is -3.17. The van der Waals surface area contributed by atoms with Crippen LogP contribution in [0.5, 0.6) is 11.5 Å². The predicted molar refractivity (Wildman–Crippen MR) is 148 cm³/mol. The Morgan fingerprint density at radius 2 is 1.86 bits per heavy atom. The van der Waals surface area contributed by atoms with Crippen molar-refractivity contribution in [3.63, 3.8) is 0 Å². The summed E-state index contributed by atoms with van der Waals surface area (Å²) < 4.78 is 11.6. The zero-order chi connectivity index (χ0) is 26.5. The molecule has 4 rings (SSSR count). The first-order valence-electron chi connectivity index (χ1n) is 10.9. The van der Waals surface area contributed by atoms with Crippen LogP contribution in [-0.4, -0.2) is 28.8 Å². The van der Waals surface area contributed by atoms with Crippen LogP contribution in [-0.2, 0) is 11.4 Å². The highest BCUT2D eigenvalue weighted by atomic mass is 35.5. The summed E-state index contributed by atoms with van der Waals surface area (Å²) in [4.78, 5) is 28.6. The van der Waals surface area contributed by atoms with Gasteiger partial charge in [0, 0.05) is 0 Å². The molecule has 0 spiro atoms. The van der Waals surface area contributed by atoms with E-state index in [1.54, 1.807) is 48.5 Å². The SMILES string of the molecule is CCOc1cc(/C=C2/SC(=Nc3cccc(Cl)c3Cl)NC2=O)cc(Cl)c1OCc1cccc(C(=O)O)c1. The Morgan fingerprint density at radius 3 is 2.62 bits per heavy atom. The topological polar surface area (TPSA) is 97.2 Å². The second kappa shape index (κ2) is 11.9. The number of thioether (sulfide) groups is 1. The Morgan fingerprint density at radius 1 is 1.08 bits per heavy atom. The molecule has 1 saturated heterocycles. The number of aliphatic imine (C=N–C) groups is 1. The number of hydrogen-bond acceptors (Lipinski definition) is 6. The maximum absolute atomic E-state index is 12.6. The van der Waals surface area contributed by atoms with Crippen LogP contribution in [0.1, 0.15) is 28.4 Å². The van der Waals surface area contributed by atoms with E-state index in [1.165, 1.54) is 12.1 Å². The van der Waals surface area contributed by atoms with Crippen LogP contribution in [0.4, 0.5) is 5.69 Å². The van der Waals surface area contributed by atoms with Crippen molar-refractivity contribution < 1.29 is 24.2 Å². The Labute approximate surface area is 232 Å². The van der Waals surface area contributed by atoms with Crippen LogP contribution in [0.3, 0.4) is 0 Å². The van der Waals surface area contributed by atoms with Gasteiger partial charge in [0.25, 0.3) is 5.91 Å². The van der Waals surface area contributed by atoms with Crippen molar-refractivity contribution in [3.8, 4) is 11.5 Å². The molecule has 3 aromatic rings. The lowest BCUT2D eigenvalue weighted by Gasteiger charge is -2.15. The highest BCUT2D eigenvalue weighted by Gasteiger charge is 2.25. The first-order valence-corrected chi connectivity index (χ1v) is 12.8. The molecular formula is C26H19Cl3N2O5S. The van der Waals surface area contributed by atoms with Crippen molar-refractivity contribution in [2.45, 2.75) is 13.5 Å². The lowest BCUT2D eigenvalue weighted by atomic mass is 10.1. The third kappa shape index (κ3) is 6.59. The fourth-order valence-electron chi connectivity index (χ4n) is 3.34. The van der Waals surface area contributed by atoms with Crippen LogP contribution in [0, 0.1) is 0 Å². The molecule has 1 aliphatic heterocycles. The molecule has 0 saturated carbocycles. The van der Waals surface area contributed by atoms with E-state index in [1.807, 2.05) is 6.92 Å². The molecule has 1 fully saturated rings. The van der Waals surface area contributed by atoms with Crippen molar-refractivity contribution in [2.75, 3.05) is 6.61 Å². The predicted octanol–water partition coefficient (Wildman–Crippen LogP) is 7.21. The smallest absolute Gasteiger partial charge is 0.335 e. The average Bonchev–Trinajstić information content (AvgIpc) is 3.20. The molecule has 0 aromatic heterocycles. The number of carbonyl (C=O) groups excluding carboxylic acids is 1. The summed E-state index contributed by atoms with van der Waals surface area (Å²) >= 11 is 19.9. The second-order valence-electron chi connectivity index (χ2n) is 7.61. The summed E-state index contributed by atoms with van der Waals surface area (Å²) in [5.41, 5.74) is 1.88. The van der Waals surface area contributed by atoms with Crippen molar-refractivity contribution in [2.24, 2.45) is 4.99 Å². The van der Waals surface area contributed by atoms with Gasteiger partial charge in [-0.05, 0) is 72.3 Å². The van der Waals surface area contributed by atoms with E-state index in [2.05, 4.69) is 10.3 Å². The molecule has 0 atom stereocenters. The molecule has 190 valence electrons. The third-order valence-electron chi connectivity index (χ3n) is 4.99. The van der Waals surface area contributed by atoms with Gasteiger partial charge in [0.15, 0.2) is 16.7 Å². The van der Waals surface area contributed by atoms with Crippen LogP contribution in [0.25, 0.3) is 6.08 Å². The fraction of sp³-hybridized carbons (Fsp3) is 0.115. The standard InChI is InChI=1S/C26H19Cl3N2O5S/c1-2-35-20-11-15(10-18(28)23(20)36-13-14-5-3-6-16(9-14)25(33)34)12-21-24(32)31-26(37-21)30-19-8-4-7-17(27)22(19)29/h3-12H,2,13H2,1H3,(H,33,34)(H,30,31,32)/b21-12+. The van der Waals surface area contributed by atoms with Gasteiger partial charge in [0.1, 0.15) is 6.61 Å². The number of carboxylic acid groups (broad SMARTS) is 1. The molecule has 11 heteroatoms. The minimum absolute atomic E-state index is 0.0888. The van der Waals surface area contributed by atoms with Gasteiger partial charge < -0.3 is 19.9 Å². The van der Waals surface area contributed by atoms with Crippen molar-refractivity contribution in [3.05, 3.63) is 91.3 Å². The molecule has 37 heavy (non-hydrogen) atoms. The number of hydrogen-bond donors (Lipinski definition) is 2. The molecule has 1 heterocycles. The molecule has 0 aliphatic carbocycles. The Balaban J connectivity index is 1.57. The van der Waals surface area contributed by atoms with Crippen molar-refractivity contribution >= 4 is 75.4 Å². The molecule has 1 aliphatic rings. The quantitative estimate of drug-likeness (QED) is 0.275. The summed E-state index contributed by atoms with van der Waals surface area (Å²) in [6.45, 7) is 2.27. The van der Waals surface area contributed by atoms with Crippen LogP contribution < -0.4 is 14.8 Å². The molecule has 7 nitrogen and oxygen atoms in total. The van der Waals surface area contributed by atoms with E-state index in [0.29, 0.717) is 55.0 Å². The number of carbonyl (C=O) groups is 2. The maximum Gasteiger partial charge on any atom is 0.335 e. The second-order valence-corrected chi connectivity index (χ2v) is 9.83.